The van der Waals surface area contributed by atoms with Crippen LogP contribution in [0.1, 0.15) is 5.56 Å². The van der Waals surface area contributed by atoms with Gasteiger partial charge in [0.15, 0.2) is 0 Å². The smallest absolute Gasteiger partial charge is 0.329 e. The SMILES string of the molecule is COCCOc1ccc(C(F)(F)COCC(=O)O)cc1Br. The summed E-state index contributed by atoms with van der Waals surface area (Å²) in [5.41, 5.74) is -0.293. The van der Waals surface area contributed by atoms with Crippen molar-refractivity contribution in [2.75, 3.05) is 33.5 Å². The Bertz CT molecular complexity index is 482. The molecule has 118 valence electrons. The monoisotopic (exact) mass is 368 g/mol. The standard InChI is InChI=1S/C13H15BrF2O5/c1-19-4-5-21-11-3-2-9(6-10(11)14)13(15,16)8-20-7-12(17)18/h2-3,6H,4-5,7-8H2,1H3,(H,17,18). The van der Waals surface area contributed by atoms with Crippen LogP contribution < -0.4 is 4.74 Å². The number of methoxy groups -OCH3 is 1. The maximum absolute atomic E-state index is 13.8. The first kappa shape index (κ1) is 17.8. The maximum Gasteiger partial charge on any atom is 0.329 e. The Hall–Kier alpha value is -1.25. The van der Waals surface area contributed by atoms with Gasteiger partial charge in [0.05, 0.1) is 11.1 Å². The maximum atomic E-state index is 13.8. The van der Waals surface area contributed by atoms with Crippen LogP contribution in [0.3, 0.4) is 0 Å². The van der Waals surface area contributed by atoms with Crippen LogP contribution in [0, 0.1) is 0 Å². The predicted molar refractivity (Wildman–Crippen MR) is 73.9 cm³/mol. The molecule has 0 saturated carbocycles. The van der Waals surface area contributed by atoms with E-state index in [-0.39, 0.29) is 5.56 Å². The molecule has 0 radical (unpaired) electrons. The Morgan fingerprint density at radius 2 is 2.10 bits per heavy atom. The van der Waals surface area contributed by atoms with E-state index >= 15 is 0 Å². The molecule has 0 aliphatic heterocycles. The van der Waals surface area contributed by atoms with Gasteiger partial charge >= 0.3 is 5.97 Å². The van der Waals surface area contributed by atoms with Crippen LogP contribution in [-0.2, 0) is 20.2 Å². The molecule has 0 aliphatic rings. The van der Waals surface area contributed by atoms with Crippen molar-refractivity contribution in [2.24, 2.45) is 0 Å². The topological polar surface area (TPSA) is 65.0 Å². The van der Waals surface area contributed by atoms with Crippen molar-refractivity contribution in [3.63, 3.8) is 0 Å². The minimum absolute atomic E-state index is 0.293. The van der Waals surface area contributed by atoms with Crippen molar-refractivity contribution in [1.82, 2.24) is 0 Å². The third-order valence-electron chi connectivity index (χ3n) is 2.41. The highest BCUT2D eigenvalue weighted by molar-refractivity contribution is 9.10. The van der Waals surface area contributed by atoms with Crippen LogP contribution in [0.2, 0.25) is 0 Å². The zero-order chi connectivity index (χ0) is 15.9. The number of hydrogen-bond donors (Lipinski definition) is 1. The number of carboxylic acids is 1. The van der Waals surface area contributed by atoms with Crippen LogP contribution in [0.5, 0.6) is 5.75 Å². The molecule has 0 aliphatic carbocycles. The summed E-state index contributed by atoms with van der Waals surface area (Å²) < 4.78 is 42.6. The summed E-state index contributed by atoms with van der Waals surface area (Å²) in [5.74, 6) is -4.17. The van der Waals surface area contributed by atoms with Gasteiger partial charge in [-0.2, -0.15) is 8.78 Å². The van der Waals surface area contributed by atoms with Gasteiger partial charge in [-0.1, -0.05) is 0 Å². The van der Waals surface area contributed by atoms with Crippen LogP contribution in [0.15, 0.2) is 22.7 Å². The molecular formula is C13H15BrF2O5. The first-order chi connectivity index (χ1) is 9.86. The number of rotatable bonds is 9. The first-order valence-corrected chi connectivity index (χ1v) is 6.75. The normalized spacial score (nSPS) is 11.4. The fraction of sp³-hybridized carbons (Fsp3) is 0.462. The van der Waals surface area contributed by atoms with E-state index in [1.807, 2.05) is 0 Å². The predicted octanol–water partition coefficient (Wildman–Crippen LogP) is 2.67. The molecule has 0 aromatic heterocycles. The number of benzene rings is 1. The van der Waals surface area contributed by atoms with Crippen molar-refractivity contribution in [1.29, 1.82) is 0 Å². The summed E-state index contributed by atoms with van der Waals surface area (Å²) in [5, 5.41) is 8.36. The molecule has 1 rings (SSSR count). The van der Waals surface area contributed by atoms with Gasteiger partial charge in [-0.25, -0.2) is 4.79 Å². The van der Waals surface area contributed by atoms with Crippen LogP contribution in [0.25, 0.3) is 0 Å². The van der Waals surface area contributed by atoms with Gasteiger partial charge in [0.25, 0.3) is 5.92 Å². The molecular weight excluding hydrogens is 354 g/mol. The van der Waals surface area contributed by atoms with Gasteiger partial charge in [0.1, 0.15) is 25.6 Å². The summed E-state index contributed by atoms with van der Waals surface area (Å²) >= 11 is 3.15. The number of hydrogen-bond acceptors (Lipinski definition) is 4. The number of halogens is 3. The molecule has 1 aromatic rings. The van der Waals surface area contributed by atoms with Crippen molar-refractivity contribution in [3.05, 3.63) is 28.2 Å². The van der Waals surface area contributed by atoms with Gasteiger partial charge in [-0.15, -0.1) is 0 Å². The lowest BCUT2D eigenvalue weighted by molar-refractivity contribution is -0.147. The molecule has 0 fully saturated rings. The molecule has 0 unspecified atom stereocenters. The van der Waals surface area contributed by atoms with Gasteiger partial charge in [0.2, 0.25) is 0 Å². The first-order valence-electron chi connectivity index (χ1n) is 5.96. The lowest BCUT2D eigenvalue weighted by Crippen LogP contribution is -2.23. The minimum atomic E-state index is -3.29. The Kier molecular flexibility index (Phi) is 7.00. The van der Waals surface area contributed by atoms with Crippen molar-refractivity contribution in [2.45, 2.75) is 5.92 Å². The fourth-order valence-electron chi connectivity index (χ4n) is 1.43. The number of aliphatic carboxylic acids is 1. The van der Waals surface area contributed by atoms with Crippen molar-refractivity contribution in [3.8, 4) is 5.75 Å². The van der Waals surface area contributed by atoms with Gasteiger partial charge in [-0.05, 0) is 34.1 Å². The quantitative estimate of drug-likeness (QED) is 0.678. The van der Waals surface area contributed by atoms with E-state index < -0.39 is 25.1 Å². The van der Waals surface area contributed by atoms with E-state index in [4.69, 9.17) is 14.6 Å². The number of carbonyl (C=O) groups is 1. The number of ether oxygens (including phenoxy) is 3. The third kappa shape index (κ3) is 5.94. The second kappa shape index (κ2) is 8.26. The molecule has 0 saturated heterocycles. The highest BCUT2D eigenvalue weighted by Gasteiger charge is 2.32. The average molecular weight is 369 g/mol. The van der Waals surface area contributed by atoms with Crippen molar-refractivity contribution >= 4 is 21.9 Å². The van der Waals surface area contributed by atoms with E-state index in [2.05, 4.69) is 20.7 Å². The molecule has 0 bridgehead atoms. The number of carboxylic acid groups (broad SMARTS) is 1. The molecule has 1 aromatic carbocycles. The zero-order valence-electron chi connectivity index (χ0n) is 11.3. The van der Waals surface area contributed by atoms with Gasteiger partial charge in [-0.3, -0.25) is 0 Å². The summed E-state index contributed by atoms with van der Waals surface area (Å²) in [6.45, 7) is -1.09. The summed E-state index contributed by atoms with van der Waals surface area (Å²) in [6, 6.07) is 3.82. The Balaban J connectivity index is 2.69. The molecule has 0 spiro atoms. The Morgan fingerprint density at radius 1 is 1.38 bits per heavy atom. The van der Waals surface area contributed by atoms with E-state index in [1.165, 1.54) is 25.3 Å². The molecule has 0 atom stereocenters. The highest BCUT2D eigenvalue weighted by atomic mass is 79.9. The average Bonchev–Trinajstić information content (AvgIpc) is 2.40. The number of alkyl halides is 2. The molecule has 5 nitrogen and oxygen atoms in total. The second-order valence-corrected chi connectivity index (χ2v) is 4.93. The Morgan fingerprint density at radius 3 is 2.67 bits per heavy atom. The minimum Gasteiger partial charge on any atom is -0.490 e. The summed E-state index contributed by atoms with van der Waals surface area (Å²) in [6.07, 6.45) is 0. The van der Waals surface area contributed by atoms with Gasteiger partial charge in [0, 0.05) is 12.7 Å². The summed E-state index contributed by atoms with van der Waals surface area (Å²) in [7, 11) is 1.53. The lowest BCUT2D eigenvalue weighted by atomic mass is 10.1. The zero-order valence-corrected chi connectivity index (χ0v) is 12.9. The van der Waals surface area contributed by atoms with Crippen LogP contribution in [-0.4, -0.2) is 44.6 Å². The van der Waals surface area contributed by atoms with E-state index in [0.29, 0.717) is 23.4 Å². The largest absolute Gasteiger partial charge is 0.490 e. The molecule has 0 amide bonds. The van der Waals surface area contributed by atoms with Gasteiger partial charge < -0.3 is 19.3 Å². The highest BCUT2D eigenvalue weighted by Crippen LogP contribution is 2.34. The second-order valence-electron chi connectivity index (χ2n) is 4.08. The van der Waals surface area contributed by atoms with E-state index in [1.54, 1.807) is 0 Å². The molecule has 0 heterocycles. The van der Waals surface area contributed by atoms with Crippen molar-refractivity contribution < 1.29 is 32.9 Å². The molecule has 21 heavy (non-hydrogen) atoms. The molecule has 1 N–H and O–H groups in total. The van der Waals surface area contributed by atoms with E-state index in [0.717, 1.165) is 0 Å². The summed E-state index contributed by atoms with van der Waals surface area (Å²) in [4.78, 5) is 10.2. The van der Waals surface area contributed by atoms with Crippen LogP contribution >= 0.6 is 15.9 Å². The van der Waals surface area contributed by atoms with E-state index in [9.17, 15) is 13.6 Å². The Labute approximate surface area is 128 Å². The fourth-order valence-corrected chi connectivity index (χ4v) is 1.92. The molecule has 8 heteroatoms. The van der Waals surface area contributed by atoms with Crippen LogP contribution in [0.4, 0.5) is 8.78 Å². The third-order valence-corrected chi connectivity index (χ3v) is 3.03. The lowest BCUT2D eigenvalue weighted by Gasteiger charge is -2.17.